The molecule has 1 aromatic rings. The molecule has 0 bridgehead atoms. The number of nitrogens with zero attached hydrogens (tertiary/aromatic N) is 1. The SMILES string of the molecule is CC(=O)c1cccc(N/C=C(/C#N)C(=O)NCCCl)c1. The van der Waals surface area contributed by atoms with Crippen LogP contribution in [-0.2, 0) is 4.79 Å². The number of ketones is 1. The quantitative estimate of drug-likeness (QED) is 0.364. The van der Waals surface area contributed by atoms with Gasteiger partial charge in [-0.05, 0) is 19.1 Å². The van der Waals surface area contributed by atoms with Crippen LogP contribution in [0.3, 0.4) is 0 Å². The summed E-state index contributed by atoms with van der Waals surface area (Å²) in [6, 6.07) is 8.57. The Morgan fingerprint density at radius 3 is 2.80 bits per heavy atom. The van der Waals surface area contributed by atoms with E-state index >= 15 is 0 Å². The summed E-state index contributed by atoms with van der Waals surface area (Å²) in [5.41, 5.74) is 1.10. The van der Waals surface area contributed by atoms with Crippen LogP contribution in [0.15, 0.2) is 36.0 Å². The molecule has 2 N–H and O–H groups in total. The molecular formula is C14H14ClN3O2. The number of Topliss-reactive ketones (excluding diaryl/α,β-unsaturated/α-hetero) is 1. The van der Waals surface area contributed by atoms with Gasteiger partial charge in [0.1, 0.15) is 11.6 Å². The van der Waals surface area contributed by atoms with Gasteiger partial charge in [0.05, 0.1) is 0 Å². The Hall–Kier alpha value is -2.32. The Kier molecular flexibility index (Phi) is 6.27. The zero-order valence-electron chi connectivity index (χ0n) is 10.9. The number of hydrogen-bond acceptors (Lipinski definition) is 4. The highest BCUT2D eigenvalue weighted by molar-refractivity contribution is 6.18. The van der Waals surface area contributed by atoms with Crippen LogP contribution < -0.4 is 10.6 Å². The highest BCUT2D eigenvalue weighted by Gasteiger charge is 2.07. The van der Waals surface area contributed by atoms with Crippen molar-refractivity contribution in [3.63, 3.8) is 0 Å². The average molecular weight is 292 g/mol. The maximum Gasteiger partial charge on any atom is 0.263 e. The van der Waals surface area contributed by atoms with Crippen LogP contribution in [0, 0.1) is 11.3 Å². The molecule has 0 radical (unpaired) electrons. The Bertz CT molecular complexity index is 576. The number of hydrogen-bond donors (Lipinski definition) is 2. The van der Waals surface area contributed by atoms with Crippen LogP contribution >= 0.6 is 11.6 Å². The first-order chi connectivity index (χ1) is 9.58. The molecule has 1 rings (SSSR count). The van der Waals surface area contributed by atoms with E-state index < -0.39 is 5.91 Å². The molecule has 0 unspecified atom stereocenters. The van der Waals surface area contributed by atoms with Gasteiger partial charge in [0.2, 0.25) is 0 Å². The lowest BCUT2D eigenvalue weighted by Crippen LogP contribution is -2.26. The van der Waals surface area contributed by atoms with Gasteiger partial charge in [0.15, 0.2) is 5.78 Å². The first kappa shape index (κ1) is 15.7. The third-order valence-corrected chi connectivity index (χ3v) is 2.59. The molecule has 0 saturated carbocycles. The van der Waals surface area contributed by atoms with E-state index in [2.05, 4.69) is 10.6 Å². The fourth-order valence-electron chi connectivity index (χ4n) is 1.39. The van der Waals surface area contributed by atoms with E-state index in [4.69, 9.17) is 16.9 Å². The second-order valence-electron chi connectivity index (χ2n) is 3.90. The maximum absolute atomic E-state index is 11.6. The molecule has 0 spiro atoms. The molecule has 0 aromatic heterocycles. The molecule has 1 aromatic carbocycles. The molecule has 20 heavy (non-hydrogen) atoms. The number of carbonyl (C=O) groups excluding carboxylic acids is 2. The lowest BCUT2D eigenvalue weighted by molar-refractivity contribution is -0.117. The second kappa shape index (κ2) is 7.97. The van der Waals surface area contributed by atoms with Crippen LogP contribution in [0.4, 0.5) is 5.69 Å². The van der Waals surface area contributed by atoms with Gasteiger partial charge in [-0.2, -0.15) is 5.26 Å². The van der Waals surface area contributed by atoms with E-state index in [1.54, 1.807) is 30.3 Å². The van der Waals surface area contributed by atoms with Gasteiger partial charge in [0.25, 0.3) is 5.91 Å². The minimum absolute atomic E-state index is 0.0574. The smallest absolute Gasteiger partial charge is 0.263 e. The molecule has 0 heterocycles. The molecule has 0 aliphatic heterocycles. The van der Waals surface area contributed by atoms with Gasteiger partial charge in [-0.25, -0.2) is 0 Å². The maximum atomic E-state index is 11.6. The van der Waals surface area contributed by atoms with Crippen LogP contribution in [-0.4, -0.2) is 24.1 Å². The highest BCUT2D eigenvalue weighted by atomic mass is 35.5. The van der Waals surface area contributed by atoms with E-state index in [0.717, 1.165) is 0 Å². The van der Waals surface area contributed by atoms with Crippen molar-refractivity contribution in [3.05, 3.63) is 41.6 Å². The fourth-order valence-corrected chi connectivity index (χ4v) is 1.48. The van der Waals surface area contributed by atoms with E-state index in [1.807, 2.05) is 0 Å². The molecule has 6 heteroatoms. The Morgan fingerprint density at radius 1 is 1.45 bits per heavy atom. The Balaban J connectivity index is 2.79. The summed E-state index contributed by atoms with van der Waals surface area (Å²) in [6.45, 7) is 1.76. The number of carbonyl (C=O) groups is 2. The molecule has 104 valence electrons. The molecule has 1 amide bonds. The van der Waals surface area contributed by atoms with E-state index in [-0.39, 0.29) is 17.2 Å². The van der Waals surface area contributed by atoms with Gasteiger partial charge in [-0.3, -0.25) is 9.59 Å². The number of amides is 1. The lowest BCUT2D eigenvalue weighted by Gasteiger charge is -2.04. The summed E-state index contributed by atoms with van der Waals surface area (Å²) in [7, 11) is 0. The number of alkyl halides is 1. The van der Waals surface area contributed by atoms with Crippen molar-refractivity contribution in [3.8, 4) is 6.07 Å². The summed E-state index contributed by atoms with van der Waals surface area (Å²) in [5, 5.41) is 14.2. The Morgan fingerprint density at radius 2 is 2.20 bits per heavy atom. The zero-order chi connectivity index (χ0) is 15.0. The number of anilines is 1. The average Bonchev–Trinajstić information content (AvgIpc) is 2.46. The minimum atomic E-state index is -0.497. The van der Waals surface area contributed by atoms with Crippen molar-refractivity contribution in [2.45, 2.75) is 6.92 Å². The van der Waals surface area contributed by atoms with Crippen molar-refractivity contribution < 1.29 is 9.59 Å². The monoisotopic (exact) mass is 291 g/mol. The lowest BCUT2D eigenvalue weighted by atomic mass is 10.1. The first-order valence-corrected chi connectivity index (χ1v) is 6.44. The topological polar surface area (TPSA) is 82.0 Å². The van der Waals surface area contributed by atoms with Crippen LogP contribution in [0.2, 0.25) is 0 Å². The van der Waals surface area contributed by atoms with E-state index in [1.165, 1.54) is 13.1 Å². The number of halogens is 1. The van der Waals surface area contributed by atoms with Crippen molar-refractivity contribution >= 4 is 29.0 Å². The summed E-state index contributed by atoms with van der Waals surface area (Å²) in [6.07, 6.45) is 1.29. The van der Waals surface area contributed by atoms with Crippen molar-refractivity contribution in [2.75, 3.05) is 17.7 Å². The number of benzene rings is 1. The van der Waals surface area contributed by atoms with Gasteiger partial charge in [-0.1, -0.05) is 12.1 Å². The third-order valence-electron chi connectivity index (χ3n) is 2.40. The van der Waals surface area contributed by atoms with Crippen LogP contribution in [0.25, 0.3) is 0 Å². The summed E-state index contributed by atoms with van der Waals surface area (Å²) in [4.78, 5) is 22.8. The van der Waals surface area contributed by atoms with Crippen molar-refractivity contribution in [1.29, 1.82) is 5.26 Å². The molecule has 5 nitrogen and oxygen atoms in total. The summed E-state index contributed by atoms with van der Waals surface area (Å²) < 4.78 is 0. The Labute approximate surface area is 122 Å². The van der Waals surface area contributed by atoms with Gasteiger partial charge in [-0.15, -0.1) is 11.6 Å². The highest BCUT2D eigenvalue weighted by Crippen LogP contribution is 2.11. The number of nitriles is 1. The third kappa shape index (κ3) is 4.75. The van der Waals surface area contributed by atoms with E-state index in [9.17, 15) is 9.59 Å². The minimum Gasteiger partial charge on any atom is -0.360 e. The largest absolute Gasteiger partial charge is 0.360 e. The van der Waals surface area contributed by atoms with Crippen LogP contribution in [0.5, 0.6) is 0 Å². The molecule has 0 aliphatic carbocycles. The van der Waals surface area contributed by atoms with Gasteiger partial charge in [0, 0.05) is 29.9 Å². The fraction of sp³-hybridized carbons (Fsp3) is 0.214. The van der Waals surface area contributed by atoms with E-state index in [0.29, 0.717) is 17.8 Å². The van der Waals surface area contributed by atoms with Gasteiger partial charge < -0.3 is 10.6 Å². The normalized spacial score (nSPS) is 10.6. The number of rotatable bonds is 6. The van der Waals surface area contributed by atoms with Crippen LogP contribution in [0.1, 0.15) is 17.3 Å². The predicted molar refractivity (Wildman–Crippen MR) is 77.5 cm³/mol. The van der Waals surface area contributed by atoms with Crippen molar-refractivity contribution in [2.24, 2.45) is 0 Å². The van der Waals surface area contributed by atoms with Gasteiger partial charge >= 0.3 is 0 Å². The summed E-state index contributed by atoms with van der Waals surface area (Å²) >= 11 is 5.45. The molecule has 0 atom stereocenters. The molecule has 0 fully saturated rings. The zero-order valence-corrected chi connectivity index (χ0v) is 11.7. The molecule has 0 saturated heterocycles. The summed E-state index contributed by atoms with van der Waals surface area (Å²) in [5.74, 6) is -0.278. The standard InChI is InChI=1S/C14H14ClN3O2/c1-10(19)11-3-2-4-13(7-11)18-9-12(8-16)14(20)17-6-5-15/h2-4,7,9,18H,5-6H2,1H3,(H,17,20)/b12-9-. The first-order valence-electron chi connectivity index (χ1n) is 5.90. The second-order valence-corrected chi connectivity index (χ2v) is 4.27. The predicted octanol–water partition coefficient (Wildman–Crippen LogP) is 2.06. The number of nitrogens with one attached hydrogen (secondary N) is 2. The van der Waals surface area contributed by atoms with Crippen molar-refractivity contribution in [1.82, 2.24) is 5.32 Å². The molecule has 0 aliphatic rings. The molecular weight excluding hydrogens is 278 g/mol.